The summed E-state index contributed by atoms with van der Waals surface area (Å²) in [5.74, 6) is 0. The Morgan fingerprint density at radius 3 is 0.375 bits per heavy atom. The summed E-state index contributed by atoms with van der Waals surface area (Å²) in [4.78, 5) is 0. The Hall–Kier alpha value is 0.430. The van der Waals surface area contributed by atoms with Crippen molar-refractivity contribution in [2.24, 2.45) is 0 Å². The Morgan fingerprint density at radius 2 is 0.268 bits per heavy atom. The predicted molar refractivity (Wildman–Crippen MR) is 266 cm³/mol. The van der Waals surface area contributed by atoms with Gasteiger partial charge in [0, 0.05) is 27.3 Å². The van der Waals surface area contributed by atoms with Gasteiger partial charge < -0.3 is 0 Å². The van der Waals surface area contributed by atoms with Gasteiger partial charge in [0.25, 0.3) is 0 Å². The van der Waals surface area contributed by atoms with Crippen LogP contribution in [0.3, 0.4) is 0 Å². The number of rotatable bonds is 51. The van der Waals surface area contributed by atoms with E-state index < -0.39 is 7.26 Å². The van der Waals surface area contributed by atoms with Gasteiger partial charge in [0.2, 0.25) is 0 Å². The van der Waals surface area contributed by atoms with E-state index in [1.165, 1.54) is 327 Å². The van der Waals surface area contributed by atoms with Gasteiger partial charge in [0.15, 0.2) is 0 Å². The molecular weight excluding hydrogens is 692 g/mol. The molecule has 56 heavy (non-hydrogen) atoms. The van der Waals surface area contributed by atoms with Crippen LogP contribution in [-0.2, 0) is 0 Å². The van der Waals surface area contributed by atoms with Gasteiger partial charge in [-0.15, -0.1) is 0 Å². The topological polar surface area (TPSA) is 0 Å². The van der Waals surface area contributed by atoms with E-state index in [-0.39, 0.29) is 0 Å². The Kier molecular flexibility index (Phi) is 50.2. The lowest BCUT2D eigenvalue weighted by molar-refractivity contribution is 0.508. The normalized spacial score (nSPS) is 12.0. The van der Waals surface area contributed by atoms with Gasteiger partial charge in [-0.2, -0.15) is 0 Å². The molecule has 0 atom stereocenters. The fourth-order valence-corrected chi connectivity index (χ4v) is 10.3. The smallest absolute Gasteiger partial charge is 0.0586 e. The fraction of sp³-hybridized carbons (Fsp3) is 1.00. The Labute approximate surface area is 360 Å². The van der Waals surface area contributed by atoms with Crippen LogP contribution in [0, 0.1) is 0 Å². The molecule has 0 aromatic carbocycles. The molecule has 0 bridgehead atoms. The molecule has 0 aromatic rings. The minimum atomic E-state index is -0.525. The average molecular weight is 806 g/mol. The van der Waals surface area contributed by atoms with E-state index in [1.54, 1.807) is 0 Å². The summed E-state index contributed by atoms with van der Waals surface area (Å²) < 4.78 is 0. The van der Waals surface area contributed by atoms with E-state index in [2.05, 4.69) is 26.9 Å². The van der Waals surface area contributed by atoms with Crippen LogP contribution in [0.15, 0.2) is 0 Å². The second kappa shape index (κ2) is 49.8. The van der Waals surface area contributed by atoms with E-state index in [1.807, 2.05) is 0 Å². The Balaban J connectivity index is 3.06. The molecule has 0 radical (unpaired) electrons. The number of unbranched alkanes of at least 4 members (excludes halogenated alkanes) is 49. The molecule has 0 aromatic heterocycles. The van der Waals surface area contributed by atoms with Gasteiger partial charge in [-0.3, -0.25) is 0 Å². The zero-order chi connectivity index (χ0) is 40.6. The molecule has 0 spiro atoms. The van der Waals surface area contributed by atoms with E-state index in [4.69, 9.17) is 0 Å². The lowest BCUT2D eigenvalue weighted by Gasteiger charge is -2.10. The van der Waals surface area contributed by atoms with Crippen LogP contribution in [-0.4, -0.2) is 26.2 Å². The van der Waals surface area contributed by atoms with Crippen molar-refractivity contribution in [3.8, 4) is 0 Å². The summed E-state index contributed by atoms with van der Waals surface area (Å²) in [7, 11) is -0.525. The summed E-state index contributed by atoms with van der Waals surface area (Å²) in [6, 6.07) is 0. The minimum absolute atomic E-state index is 0.525. The van der Waals surface area contributed by atoms with Crippen molar-refractivity contribution in [1.82, 2.24) is 0 Å². The van der Waals surface area contributed by atoms with Crippen LogP contribution < -0.4 is 0 Å². The maximum atomic E-state index is 2.49. The second-order valence-corrected chi connectivity index (χ2v) is 25.4. The molecule has 0 rings (SSSR count). The molecule has 0 nitrogen and oxygen atoms in total. The first-order valence-corrected chi connectivity index (χ1v) is 30.7. The largest absolute Gasteiger partial charge is 0.0654 e. The van der Waals surface area contributed by atoms with Crippen LogP contribution in [0.4, 0.5) is 0 Å². The summed E-state index contributed by atoms with van der Waals surface area (Å²) in [6.07, 6.45) is 76.1. The lowest BCUT2D eigenvalue weighted by atomic mass is 10.0. The summed E-state index contributed by atoms with van der Waals surface area (Å²) in [5.41, 5.74) is 0. The molecule has 0 heterocycles. The molecule has 0 fully saturated rings. The molecule has 0 aliphatic rings. The van der Waals surface area contributed by atoms with Crippen molar-refractivity contribution >= 4 is 7.26 Å². The van der Waals surface area contributed by atoms with Crippen LogP contribution in [0.1, 0.15) is 328 Å². The predicted octanol–water partition coefficient (Wildman–Crippen LogP) is 21.4. The molecular formula is C55H114P+. The summed E-state index contributed by atoms with van der Waals surface area (Å²) in [6.45, 7) is 9.77. The van der Waals surface area contributed by atoms with Crippen molar-refractivity contribution in [1.29, 1.82) is 0 Å². The third-order valence-corrected chi connectivity index (χ3v) is 14.8. The molecule has 1 heteroatoms. The van der Waals surface area contributed by atoms with Crippen LogP contribution in [0.2, 0.25) is 0 Å². The third kappa shape index (κ3) is 54.4. The highest BCUT2D eigenvalue weighted by atomic mass is 31.2. The van der Waals surface area contributed by atoms with E-state index >= 15 is 0 Å². The molecule has 0 saturated heterocycles. The van der Waals surface area contributed by atoms with Gasteiger partial charge in [0.05, 0.1) is 6.16 Å². The van der Waals surface area contributed by atoms with Gasteiger partial charge >= 0.3 is 0 Å². The Bertz CT molecular complexity index is 663. The lowest BCUT2D eigenvalue weighted by Crippen LogP contribution is -1.93. The molecule has 0 aliphatic heterocycles. The zero-order valence-corrected chi connectivity index (χ0v) is 41.4. The van der Waals surface area contributed by atoms with Crippen molar-refractivity contribution < 1.29 is 0 Å². The standard InChI is InChI=1S/C55H114P/c1-5-6-7-8-9-10-11-12-13-14-15-16-17-18-19-20-21-22-23-24-25-26-27-28-29-30-31-32-33-34-35-36-37-38-39-40-41-42-43-44-45-46-47-48-49-50-51-52-53-54-55-56(2,3)4/h5-55H2,1-4H3/q+1. The van der Waals surface area contributed by atoms with Gasteiger partial charge in [-0.1, -0.05) is 315 Å². The van der Waals surface area contributed by atoms with Crippen molar-refractivity contribution in [3.05, 3.63) is 0 Å². The van der Waals surface area contributed by atoms with Crippen LogP contribution in [0.25, 0.3) is 0 Å². The summed E-state index contributed by atoms with van der Waals surface area (Å²) in [5, 5.41) is 0. The monoisotopic (exact) mass is 806 g/mol. The van der Waals surface area contributed by atoms with Crippen molar-refractivity contribution in [2.45, 2.75) is 328 Å². The molecule has 0 N–H and O–H groups in total. The van der Waals surface area contributed by atoms with Gasteiger partial charge in [-0.25, -0.2) is 0 Å². The van der Waals surface area contributed by atoms with Gasteiger partial charge in [0.1, 0.15) is 0 Å². The first-order valence-electron chi connectivity index (χ1n) is 27.4. The molecule has 0 saturated carbocycles. The summed E-state index contributed by atoms with van der Waals surface area (Å²) >= 11 is 0. The molecule has 0 aliphatic carbocycles. The quantitative estimate of drug-likeness (QED) is 0.0424. The SMILES string of the molecule is CCCCCCCCCCCCCCCCCCCCCCCCCCCCCCCCCCCCCCCCCCCCCCCCCCCC[P+](C)(C)C. The highest BCUT2D eigenvalue weighted by molar-refractivity contribution is 7.73. The van der Waals surface area contributed by atoms with E-state index in [0.29, 0.717) is 0 Å². The number of hydrogen-bond acceptors (Lipinski definition) is 0. The van der Waals surface area contributed by atoms with Crippen LogP contribution >= 0.6 is 7.26 Å². The van der Waals surface area contributed by atoms with Gasteiger partial charge in [-0.05, 0) is 12.8 Å². The number of hydrogen-bond donors (Lipinski definition) is 0. The zero-order valence-electron chi connectivity index (χ0n) is 40.5. The fourth-order valence-electron chi connectivity index (χ4n) is 9.14. The van der Waals surface area contributed by atoms with Crippen molar-refractivity contribution in [2.75, 3.05) is 26.2 Å². The minimum Gasteiger partial charge on any atom is -0.0654 e. The molecule has 338 valence electrons. The maximum absolute atomic E-state index is 2.49. The highest BCUT2D eigenvalue weighted by Crippen LogP contribution is 2.47. The average Bonchev–Trinajstić information content (AvgIpc) is 3.18. The second-order valence-electron chi connectivity index (χ2n) is 20.3. The highest BCUT2D eigenvalue weighted by Gasteiger charge is 2.15. The first kappa shape index (κ1) is 56.4. The Morgan fingerprint density at radius 1 is 0.161 bits per heavy atom. The maximum Gasteiger partial charge on any atom is 0.0586 e. The van der Waals surface area contributed by atoms with E-state index in [9.17, 15) is 0 Å². The first-order chi connectivity index (χ1) is 27.6. The molecule has 0 unspecified atom stereocenters. The third-order valence-electron chi connectivity index (χ3n) is 13.2. The van der Waals surface area contributed by atoms with Crippen LogP contribution in [0.5, 0.6) is 0 Å². The van der Waals surface area contributed by atoms with E-state index in [0.717, 1.165) is 0 Å². The molecule has 0 amide bonds. The van der Waals surface area contributed by atoms with Crippen molar-refractivity contribution in [3.63, 3.8) is 0 Å².